The summed E-state index contributed by atoms with van der Waals surface area (Å²) in [6, 6.07) is 0. The Labute approximate surface area is 67.4 Å². The molecule has 0 heterocycles. The summed E-state index contributed by atoms with van der Waals surface area (Å²) in [5, 5.41) is 0. The van der Waals surface area contributed by atoms with Crippen molar-refractivity contribution < 1.29 is 4.48 Å². The minimum atomic E-state index is -0.389. The van der Waals surface area contributed by atoms with Gasteiger partial charge in [0.25, 0.3) is 0 Å². The van der Waals surface area contributed by atoms with E-state index in [1.807, 2.05) is 0 Å². The van der Waals surface area contributed by atoms with Crippen molar-refractivity contribution in [2.45, 2.75) is 0 Å². The van der Waals surface area contributed by atoms with Crippen molar-refractivity contribution in [3.05, 3.63) is 0 Å². The molecule has 64 valence electrons. The molecule has 0 N–H and O–H groups in total. The van der Waals surface area contributed by atoms with E-state index in [0.29, 0.717) is 0 Å². The highest BCUT2D eigenvalue weighted by Crippen LogP contribution is 2.40. The highest BCUT2D eigenvalue weighted by molar-refractivity contribution is 7.72. The van der Waals surface area contributed by atoms with Gasteiger partial charge in [-0.1, -0.05) is 0 Å². The van der Waals surface area contributed by atoms with Crippen LogP contribution in [0.1, 0.15) is 0 Å². The first kappa shape index (κ1) is 13.0. The summed E-state index contributed by atoms with van der Waals surface area (Å²) in [5.74, 6) is 0. The molecule has 10 heavy (non-hydrogen) atoms. The van der Waals surface area contributed by atoms with Gasteiger partial charge in [0.2, 0.25) is 0 Å². The van der Waals surface area contributed by atoms with E-state index in [0.717, 1.165) is 4.48 Å². The maximum absolute atomic E-state index is 2.30. The molecule has 0 aliphatic heterocycles. The van der Waals surface area contributed by atoms with Crippen molar-refractivity contribution in [2.75, 3.05) is 54.8 Å². The van der Waals surface area contributed by atoms with Crippen LogP contribution in [0.5, 0.6) is 0 Å². The van der Waals surface area contributed by atoms with Gasteiger partial charge in [-0.25, -0.2) is 0 Å². The highest BCUT2D eigenvalue weighted by Gasteiger charge is 2.03. The van der Waals surface area contributed by atoms with Crippen molar-refractivity contribution in [1.29, 1.82) is 0 Å². The molecule has 0 aromatic carbocycles. The van der Waals surface area contributed by atoms with Gasteiger partial charge >= 0.3 is 0 Å². The van der Waals surface area contributed by atoms with Gasteiger partial charge in [0.1, 0.15) is 0 Å². The van der Waals surface area contributed by atoms with Crippen LogP contribution in [-0.2, 0) is 0 Å². The SMILES string of the molecule is C[N+](C)(C)C.C[P+](C)(C)C. The third-order valence-electron chi connectivity index (χ3n) is 0. The molecular weight excluding hydrogens is 141 g/mol. The van der Waals surface area contributed by atoms with Crippen LogP contribution >= 0.6 is 7.26 Å². The molecule has 0 unspecified atom stereocenters. The van der Waals surface area contributed by atoms with E-state index in [1.165, 1.54) is 0 Å². The fourth-order valence-electron chi connectivity index (χ4n) is 0. The zero-order chi connectivity index (χ0) is 9.00. The number of nitrogens with zero attached hydrogens (tertiary/aromatic N) is 1. The molecular formula is C8H24NP+2. The van der Waals surface area contributed by atoms with Crippen molar-refractivity contribution in [3.63, 3.8) is 0 Å². The molecule has 0 amide bonds. The Morgan fingerprint density at radius 3 is 0.700 bits per heavy atom. The fourth-order valence-corrected chi connectivity index (χ4v) is 0. The zero-order valence-electron chi connectivity index (χ0n) is 8.89. The third kappa shape index (κ3) is 3010. The van der Waals surface area contributed by atoms with Crippen LogP contribution in [0.15, 0.2) is 0 Å². The van der Waals surface area contributed by atoms with E-state index in [1.54, 1.807) is 0 Å². The predicted octanol–water partition coefficient (Wildman–Crippen LogP) is 1.85. The average molecular weight is 165 g/mol. The predicted molar refractivity (Wildman–Crippen MR) is 54.6 cm³/mol. The minimum Gasteiger partial charge on any atom is -0.333 e. The Kier molecular flexibility index (Phi) is 5.60. The Bertz CT molecular complexity index is 52.2. The first-order chi connectivity index (χ1) is 4.00. The second-order valence-corrected chi connectivity index (χ2v) is 10.7. The van der Waals surface area contributed by atoms with Gasteiger partial charge in [0.15, 0.2) is 0 Å². The fraction of sp³-hybridized carbons (Fsp3) is 1.00. The normalized spacial score (nSPS) is 12.0. The van der Waals surface area contributed by atoms with Gasteiger partial charge in [-0.05, 0) is 0 Å². The Balaban J connectivity index is 0. The lowest BCUT2D eigenvalue weighted by Gasteiger charge is -2.14. The molecule has 0 aromatic rings. The van der Waals surface area contributed by atoms with Crippen molar-refractivity contribution in [3.8, 4) is 0 Å². The van der Waals surface area contributed by atoms with Crippen LogP contribution in [-0.4, -0.2) is 59.3 Å². The van der Waals surface area contributed by atoms with Crippen LogP contribution < -0.4 is 0 Å². The lowest BCUT2D eigenvalue weighted by molar-refractivity contribution is -0.849. The molecule has 0 aliphatic carbocycles. The molecule has 0 saturated carbocycles. The summed E-state index contributed by atoms with van der Waals surface area (Å²) >= 11 is 0. The van der Waals surface area contributed by atoms with Crippen LogP contribution in [0.25, 0.3) is 0 Å². The monoisotopic (exact) mass is 165 g/mol. The van der Waals surface area contributed by atoms with Gasteiger partial charge in [-0.15, -0.1) is 0 Å². The highest BCUT2D eigenvalue weighted by atomic mass is 31.2. The smallest absolute Gasteiger partial charge is 0.0675 e. The Morgan fingerprint density at radius 1 is 0.700 bits per heavy atom. The summed E-state index contributed by atoms with van der Waals surface area (Å²) in [5.41, 5.74) is 0. The van der Waals surface area contributed by atoms with E-state index in [2.05, 4.69) is 54.8 Å². The van der Waals surface area contributed by atoms with Crippen LogP contribution in [0.2, 0.25) is 0 Å². The topological polar surface area (TPSA) is 0 Å². The summed E-state index contributed by atoms with van der Waals surface area (Å²) in [7, 11) is 8.11. The third-order valence-corrected chi connectivity index (χ3v) is 0. The summed E-state index contributed by atoms with van der Waals surface area (Å²) in [6.07, 6.45) is 0. The second kappa shape index (κ2) is 4.31. The number of hydrogen-bond donors (Lipinski definition) is 0. The molecule has 0 rings (SSSR count). The van der Waals surface area contributed by atoms with E-state index >= 15 is 0 Å². The lowest BCUT2D eigenvalue weighted by atomic mass is 10.8. The number of rotatable bonds is 0. The average Bonchev–Trinajstić information content (AvgIpc) is 1.12. The van der Waals surface area contributed by atoms with Crippen LogP contribution in [0.3, 0.4) is 0 Å². The van der Waals surface area contributed by atoms with E-state index in [9.17, 15) is 0 Å². The summed E-state index contributed by atoms with van der Waals surface area (Å²) < 4.78 is 1.00. The van der Waals surface area contributed by atoms with Crippen molar-refractivity contribution in [2.24, 2.45) is 0 Å². The molecule has 1 nitrogen and oxygen atoms in total. The first-order valence-electron chi connectivity index (χ1n) is 3.58. The van der Waals surface area contributed by atoms with Gasteiger partial charge in [0, 0.05) is 33.9 Å². The quantitative estimate of drug-likeness (QED) is 0.379. The molecule has 2 heteroatoms. The molecule has 0 saturated heterocycles. The van der Waals surface area contributed by atoms with Crippen LogP contribution in [0, 0.1) is 0 Å². The second-order valence-electron chi connectivity index (χ2n) is 5.37. The van der Waals surface area contributed by atoms with Gasteiger partial charge in [-0.3, -0.25) is 0 Å². The van der Waals surface area contributed by atoms with E-state index in [-0.39, 0.29) is 7.26 Å². The van der Waals surface area contributed by atoms with Crippen molar-refractivity contribution in [1.82, 2.24) is 0 Å². The molecule has 0 radical (unpaired) electrons. The minimum absolute atomic E-state index is 0.389. The molecule has 0 aromatic heterocycles. The standard InChI is InChI=1S/C4H12N.C4H12P/c2*1-5(2,3)4/h2*1-4H3/q2*+1. The summed E-state index contributed by atoms with van der Waals surface area (Å²) in [6.45, 7) is 9.19. The molecule has 0 bridgehead atoms. The van der Waals surface area contributed by atoms with Gasteiger partial charge in [0.05, 0.1) is 28.2 Å². The van der Waals surface area contributed by atoms with Crippen molar-refractivity contribution >= 4 is 7.26 Å². The first-order valence-corrected chi connectivity index (χ1v) is 7.16. The zero-order valence-corrected chi connectivity index (χ0v) is 9.79. The van der Waals surface area contributed by atoms with E-state index < -0.39 is 0 Å². The number of quaternary nitrogens is 1. The Morgan fingerprint density at radius 2 is 0.700 bits per heavy atom. The summed E-state index contributed by atoms with van der Waals surface area (Å²) in [4.78, 5) is 0. The molecule has 0 spiro atoms. The van der Waals surface area contributed by atoms with E-state index in [4.69, 9.17) is 0 Å². The maximum Gasteiger partial charge on any atom is 0.0675 e. The Hall–Kier alpha value is 0.390. The lowest BCUT2D eigenvalue weighted by Crippen LogP contribution is -2.27. The van der Waals surface area contributed by atoms with Gasteiger partial charge < -0.3 is 4.48 Å². The number of hydrogen-bond acceptors (Lipinski definition) is 0. The molecule has 0 fully saturated rings. The molecule has 0 atom stereocenters. The maximum atomic E-state index is 2.30. The van der Waals surface area contributed by atoms with Crippen LogP contribution in [0.4, 0.5) is 0 Å². The largest absolute Gasteiger partial charge is 0.333 e. The molecule has 0 aliphatic rings. The van der Waals surface area contributed by atoms with Gasteiger partial charge in [-0.2, -0.15) is 0 Å².